The number of anilines is 1. The van der Waals surface area contributed by atoms with Crippen molar-refractivity contribution in [2.75, 3.05) is 31.5 Å². The van der Waals surface area contributed by atoms with Crippen molar-refractivity contribution in [3.8, 4) is 11.6 Å². The van der Waals surface area contributed by atoms with Gasteiger partial charge in [0.05, 0.1) is 33.6 Å². The van der Waals surface area contributed by atoms with Crippen LogP contribution in [0.15, 0.2) is 47.5 Å². The maximum atomic E-state index is 13.0. The third-order valence-corrected chi connectivity index (χ3v) is 8.61. The third kappa shape index (κ3) is 7.18. The van der Waals surface area contributed by atoms with E-state index in [0.29, 0.717) is 29.0 Å². The molecule has 1 aliphatic heterocycles. The topological polar surface area (TPSA) is 93.7 Å². The van der Waals surface area contributed by atoms with Crippen molar-refractivity contribution in [1.82, 2.24) is 14.9 Å². The molecule has 37 heavy (non-hydrogen) atoms. The number of ether oxygens (including phenoxy) is 2. The van der Waals surface area contributed by atoms with E-state index in [9.17, 15) is 8.42 Å². The first-order valence-electron chi connectivity index (χ1n) is 11.7. The molecular formula is C25H27Cl3N4O4S. The van der Waals surface area contributed by atoms with Crippen LogP contribution in [-0.2, 0) is 16.6 Å². The van der Waals surface area contributed by atoms with Gasteiger partial charge in [-0.05, 0) is 75.6 Å². The fraction of sp³-hybridized carbons (Fsp3) is 0.360. The van der Waals surface area contributed by atoms with E-state index in [1.807, 2.05) is 12.1 Å². The monoisotopic (exact) mass is 584 g/mol. The molecule has 2 heterocycles. The first-order valence-corrected chi connectivity index (χ1v) is 14.3. The van der Waals surface area contributed by atoms with E-state index in [0.717, 1.165) is 31.5 Å². The molecule has 1 N–H and O–H groups in total. The first-order chi connectivity index (χ1) is 17.6. The van der Waals surface area contributed by atoms with Crippen molar-refractivity contribution in [3.63, 3.8) is 0 Å². The molecule has 0 bridgehead atoms. The first kappa shape index (κ1) is 27.7. The Labute approximate surface area is 231 Å². The number of hydrogen-bond donors (Lipinski definition) is 1. The molecule has 12 heteroatoms. The predicted molar refractivity (Wildman–Crippen MR) is 146 cm³/mol. The van der Waals surface area contributed by atoms with Gasteiger partial charge in [-0.2, -0.15) is 0 Å². The molecule has 0 spiro atoms. The Bertz CT molecular complexity index is 1370. The van der Waals surface area contributed by atoms with Gasteiger partial charge in [0.25, 0.3) is 15.9 Å². The highest BCUT2D eigenvalue weighted by atomic mass is 35.5. The Morgan fingerprint density at radius 2 is 1.84 bits per heavy atom. The number of likely N-dealkylation sites (tertiary alicyclic amines) is 1. The van der Waals surface area contributed by atoms with Crippen LogP contribution >= 0.6 is 34.8 Å². The molecule has 0 atom stereocenters. The van der Waals surface area contributed by atoms with Gasteiger partial charge in [-0.25, -0.2) is 18.4 Å². The number of rotatable bonds is 9. The summed E-state index contributed by atoms with van der Waals surface area (Å²) in [5, 5.41) is 0.541. The van der Waals surface area contributed by atoms with E-state index in [2.05, 4.69) is 26.6 Å². The van der Waals surface area contributed by atoms with E-state index in [4.69, 9.17) is 44.3 Å². The standard InChI is InChI=1S/C25H27Cl3N4O4S/c1-16-13-29-24(31-37(33,34)22-5-3-4-20(27)23(22)28)25(30-16)36-15-18-6-7-19(26)21(12-18)35-14-17-8-10-32(2)11-9-17/h3-7,12-13,17H,8-11,14-15H2,1-2H3,(H,29,31). The van der Waals surface area contributed by atoms with Crippen molar-refractivity contribution in [2.45, 2.75) is 31.3 Å². The third-order valence-electron chi connectivity index (χ3n) is 5.98. The Hall–Kier alpha value is -2.30. The van der Waals surface area contributed by atoms with Crippen LogP contribution in [0, 0.1) is 12.8 Å². The van der Waals surface area contributed by atoms with Crippen LogP contribution in [0.3, 0.4) is 0 Å². The number of aryl methyl sites for hydroxylation is 1. The zero-order chi connectivity index (χ0) is 26.6. The van der Waals surface area contributed by atoms with Gasteiger partial charge < -0.3 is 14.4 Å². The lowest BCUT2D eigenvalue weighted by Gasteiger charge is -2.28. The quantitative estimate of drug-likeness (QED) is 0.337. The molecule has 1 fully saturated rings. The second-order valence-corrected chi connectivity index (χ2v) is 11.8. The van der Waals surface area contributed by atoms with Crippen molar-refractivity contribution >= 4 is 50.6 Å². The molecule has 0 unspecified atom stereocenters. The van der Waals surface area contributed by atoms with Crippen LogP contribution in [0.5, 0.6) is 11.6 Å². The molecule has 2 aromatic carbocycles. The lowest BCUT2D eigenvalue weighted by molar-refractivity contribution is 0.160. The van der Waals surface area contributed by atoms with Crippen LogP contribution in [0.1, 0.15) is 24.1 Å². The summed E-state index contributed by atoms with van der Waals surface area (Å²) < 4.78 is 40.3. The van der Waals surface area contributed by atoms with E-state index in [1.54, 1.807) is 13.0 Å². The Kier molecular flexibility index (Phi) is 9.03. The lowest BCUT2D eigenvalue weighted by atomic mass is 9.98. The zero-order valence-corrected chi connectivity index (χ0v) is 23.5. The Morgan fingerprint density at radius 1 is 1.08 bits per heavy atom. The molecule has 198 valence electrons. The van der Waals surface area contributed by atoms with E-state index in [-0.39, 0.29) is 33.2 Å². The fourth-order valence-electron chi connectivity index (χ4n) is 3.84. The maximum Gasteiger partial charge on any atom is 0.264 e. The van der Waals surface area contributed by atoms with Gasteiger partial charge in [-0.3, -0.25) is 4.72 Å². The number of sulfonamides is 1. The summed E-state index contributed by atoms with van der Waals surface area (Å²) in [6.07, 6.45) is 3.60. The molecule has 1 aromatic heterocycles. The zero-order valence-electron chi connectivity index (χ0n) is 20.4. The maximum absolute atomic E-state index is 13.0. The number of halogens is 3. The molecule has 8 nitrogen and oxygen atoms in total. The predicted octanol–water partition coefficient (Wildman–Crippen LogP) is 5.85. The second kappa shape index (κ2) is 12.0. The van der Waals surface area contributed by atoms with Crippen LogP contribution in [0.4, 0.5) is 5.82 Å². The van der Waals surface area contributed by atoms with Crippen molar-refractivity contribution < 1.29 is 17.9 Å². The lowest BCUT2D eigenvalue weighted by Crippen LogP contribution is -2.32. The Morgan fingerprint density at radius 3 is 2.59 bits per heavy atom. The number of hydrogen-bond acceptors (Lipinski definition) is 7. The van der Waals surface area contributed by atoms with E-state index >= 15 is 0 Å². The molecule has 1 saturated heterocycles. The largest absolute Gasteiger partial charge is 0.492 e. The summed E-state index contributed by atoms with van der Waals surface area (Å²) in [6, 6.07) is 9.71. The summed E-state index contributed by atoms with van der Waals surface area (Å²) in [4.78, 5) is 10.6. The van der Waals surface area contributed by atoms with Crippen LogP contribution < -0.4 is 14.2 Å². The normalized spacial score (nSPS) is 14.9. The van der Waals surface area contributed by atoms with Gasteiger partial charge in [0.2, 0.25) is 5.82 Å². The summed E-state index contributed by atoms with van der Waals surface area (Å²) >= 11 is 18.5. The second-order valence-electron chi connectivity index (χ2n) is 8.93. The number of aromatic nitrogens is 2. The summed E-state index contributed by atoms with van der Waals surface area (Å²) in [5.41, 5.74) is 1.33. The van der Waals surface area contributed by atoms with Gasteiger partial charge >= 0.3 is 0 Å². The minimum absolute atomic E-state index is 0.0190. The molecule has 4 rings (SSSR count). The van der Waals surface area contributed by atoms with Gasteiger partial charge in [-0.1, -0.05) is 46.9 Å². The highest BCUT2D eigenvalue weighted by Crippen LogP contribution is 2.32. The van der Waals surface area contributed by atoms with Gasteiger partial charge in [0, 0.05) is 0 Å². The van der Waals surface area contributed by atoms with Crippen LogP contribution in [0.2, 0.25) is 15.1 Å². The number of piperidine rings is 1. The summed E-state index contributed by atoms with van der Waals surface area (Å²) in [5.74, 6) is 1.01. The molecule has 0 saturated carbocycles. The number of nitrogens with one attached hydrogen (secondary N) is 1. The molecular weight excluding hydrogens is 559 g/mol. The van der Waals surface area contributed by atoms with Gasteiger partial charge in [0.1, 0.15) is 17.3 Å². The number of benzene rings is 2. The average molecular weight is 586 g/mol. The van der Waals surface area contributed by atoms with Crippen molar-refractivity contribution in [1.29, 1.82) is 0 Å². The van der Waals surface area contributed by atoms with Gasteiger partial charge in [0.15, 0.2) is 0 Å². The van der Waals surface area contributed by atoms with Gasteiger partial charge in [-0.15, -0.1) is 0 Å². The van der Waals surface area contributed by atoms with Crippen LogP contribution in [0.25, 0.3) is 0 Å². The Balaban J connectivity index is 1.47. The molecule has 0 amide bonds. The fourth-order valence-corrected chi connectivity index (χ4v) is 5.78. The highest BCUT2D eigenvalue weighted by molar-refractivity contribution is 7.92. The SMILES string of the molecule is Cc1cnc(NS(=O)(=O)c2cccc(Cl)c2Cl)c(OCc2ccc(Cl)c(OCC3CCN(C)CC3)c2)n1. The molecule has 0 radical (unpaired) electrons. The van der Waals surface area contributed by atoms with E-state index < -0.39 is 10.0 Å². The summed E-state index contributed by atoms with van der Waals surface area (Å²) in [6.45, 7) is 4.53. The van der Waals surface area contributed by atoms with Crippen LogP contribution in [-0.4, -0.2) is 50.0 Å². The molecule has 3 aromatic rings. The number of nitrogens with zero attached hydrogens (tertiary/aromatic N) is 3. The molecule has 0 aliphatic carbocycles. The molecule has 1 aliphatic rings. The highest BCUT2D eigenvalue weighted by Gasteiger charge is 2.23. The van der Waals surface area contributed by atoms with Crippen molar-refractivity contribution in [3.05, 3.63) is 68.9 Å². The minimum atomic E-state index is -4.11. The summed E-state index contributed by atoms with van der Waals surface area (Å²) in [7, 11) is -1.98. The average Bonchev–Trinajstić information content (AvgIpc) is 2.86. The minimum Gasteiger partial charge on any atom is -0.492 e. The van der Waals surface area contributed by atoms with Crippen molar-refractivity contribution in [2.24, 2.45) is 5.92 Å². The van der Waals surface area contributed by atoms with E-state index in [1.165, 1.54) is 24.4 Å². The smallest absolute Gasteiger partial charge is 0.264 e.